The number of benzene rings is 1. The molecule has 1 aromatic carbocycles. The lowest BCUT2D eigenvalue weighted by Gasteiger charge is -2.11. The van der Waals surface area contributed by atoms with Crippen molar-refractivity contribution in [1.29, 1.82) is 0 Å². The molecular weight excluding hydrogens is 318 g/mol. The van der Waals surface area contributed by atoms with E-state index < -0.39 is 9.84 Å². The highest BCUT2D eigenvalue weighted by Crippen LogP contribution is 2.27. The number of sulfone groups is 1. The Morgan fingerprint density at radius 1 is 1.26 bits per heavy atom. The number of amides is 1. The number of methoxy groups -OCH3 is 2. The molecular formula is C16H23NO5S. The molecule has 0 radical (unpaired) electrons. The molecule has 0 unspecified atom stereocenters. The van der Waals surface area contributed by atoms with E-state index in [1.165, 1.54) is 0 Å². The van der Waals surface area contributed by atoms with Gasteiger partial charge in [0.1, 0.15) is 0 Å². The number of carbonyl (C=O) groups is 1. The van der Waals surface area contributed by atoms with Crippen LogP contribution >= 0.6 is 0 Å². The zero-order valence-corrected chi connectivity index (χ0v) is 14.3. The molecule has 0 aliphatic carbocycles. The summed E-state index contributed by atoms with van der Waals surface area (Å²) in [5.74, 6) is 1.70. The molecule has 7 heteroatoms. The van der Waals surface area contributed by atoms with Gasteiger partial charge in [-0.1, -0.05) is 6.07 Å². The smallest absolute Gasteiger partial charge is 0.220 e. The summed E-state index contributed by atoms with van der Waals surface area (Å²) < 4.78 is 33.2. The van der Waals surface area contributed by atoms with E-state index in [0.29, 0.717) is 37.3 Å². The number of aryl methyl sites for hydroxylation is 1. The van der Waals surface area contributed by atoms with Gasteiger partial charge in [0.25, 0.3) is 0 Å². The Labute approximate surface area is 137 Å². The molecule has 128 valence electrons. The number of nitrogens with one attached hydrogen (secondary N) is 1. The zero-order chi connectivity index (χ0) is 16.9. The molecule has 1 aromatic rings. The van der Waals surface area contributed by atoms with Gasteiger partial charge in [-0.2, -0.15) is 0 Å². The second-order valence-corrected chi connectivity index (χ2v) is 7.99. The molecule has 1 atom stereocenters. The van der Waals surface area contributed by atoms with Crippen LogP contribution in [-0.4, -0.2) is 46.6 Å². The van der Waals surface area contributed by atoms with Gasteiger partial charge in [-0.15, -0.1) is 0 Å². The molecule has 1 aliphatic rings. The predicted molar refractivity (Wildman–Crippen MR) is 87.6 cm³/mol. The van der Waals surface area contributed by atoms with Gasteiger partial charge in [0.05, 0.1) is 25.7 Å². The predicted octanol–water partition coefficient (Wildman–Crippen LogP) is 1.19. The molecule has 0 aromatic heterocycles. The molecule has 6 nitrogen and oxygen atoms in total. The van der Waals surface area contributed by atoms with Crippen LogP contribution in [0.1, 0.15) is 18.4 Å². The first-order valence-corrected chi connectivity index (χ1v) is 9.43. The van der Waals surface area contributed by atoms with Gasteiger partial charge in [-0.3, -0.25) is 4.79 Å². The summed E-state index contributed by atoms with van der Waals surface area (Å²) in [5.41, 5.74) is 0.987. The Balaban J connectivity index is 1.78. The van der Waals surface area contributed by atoms with Crippen molar-refractivity contribution >= 4 is 15.7 Å². The second-order valence-electron chi connectivity index (χ2n) is 5.76. The van der Waals surface area contributed by atoms with E-state index in [1.54, 1.807) is 14.2 Å². The first-order valence-electron chi connectivity index (χ1n) is 7.61. The minimum atomic E-state index is -2.89. The van der Waals surface area contributed by atoms with Crippen LogP contribution in [0.15, 0.2) is 18.2 Å². The summed E-state index contributed by atoms with van der Waals surface area (Å²) in [6.07, 6.45) is 1.59. The van der Waals surface area contributed by atoms with Gasteiger partial charge >= 0.3 is 0 Å². The van der Waals surface area contributed by atoms with Crippen LogP contribution in [0.5, 0.6) is 11.5 Å². The molecule has 1 aliphatic heterocycles. The summed E-state index contributed by atoms with van der Waals surface area (Å²) in [6, 6.07) is 5.57. The Bertz CT molecular complexity index is 656. The van der Waals surface area contributed by atoms with Gasteiger partial charge in [-0.05, 0) is 36.5 Å². The van der Waals surface area contributed by atoms with Crippen LogP contribution in [0.2, 0.25) is 0 Å². The molecule has 1 saturated heterocycles. The van der Waals surface area contributed by atoms with Crippen molar-refractivity contribution in [2.24, 2.45) is 5.92 Å². The van der Waals surface area contributed by atoms with Crippen molar-refractivity contribution in [2.75, 3.05) is 32.3 Å². The van der Waals surface area contributed by atoms with Crippen molar-refractivity contribution in [3.8, 4) is 11.5 Å². The van der Waals surface area contributed by atoms with Crippen molar-refractivity contribution in [2.45, 2.75) is 19.3 Å². The van der Waals surface area contributed by atoms with Crippen LogP contribution in [0.25, 0.3) is 0 Å². The fourth-order valence-corrected chi connectivity index (χ4v) is 4.54. The lowest BCUT2D eigenvalue weighted by molar-refractivity contribution is -0.121. The van der Waals surface area contributed by atoms with E-state index in [0.717, 1.165) is 5.56 Å². The number of ether oxygens (including phenoxy) is 2. The summed E-state index contributed by atoms with van der Waals surface area (Å²) >= 11 is 0. The van der Waals surface area contributed by atoms with Gasteiger partial charge in [0.15, 0.2) is 21.3 Å². The average Bonchev–Trinajstić information content (AvgIpc) is 2.89. The maximum atomic E-state index is 11.9. The molecule has 23 heavy (non-hydrogen) atoms. The lowest BCUT2D eigenvalue weighted by Crippen LogP contribution is -2.29. The largest absolute Gasteiger partial charge is 0.493 e. The Morgan fingerprint density at radius 2 is 2.00 bits per heavy atom. The van der Waals surface area contributed by atoms with Crippen LogP contribution in [-0.2, 0) is 21.1 Å². The van der Waals surface area contributed by atoms with Crippen LogP contribution in [0.4, 0.5) is 0 Å². The summed E-state index contributed by atoms with van der Waals surface area (Å²) in [7, 11) is 0.261. The minimum absolute atomic E-state index is 0.0463. The van der Waals surface area contributed by atoms with Gasteiger partial charge in [-0.25, -0.2) is 8.42 Å². The van der Waals surface area contributed by atoms with E-state index in [4.69, 9.17) is 9.47 Å². The fourth-order valence-electron chi connectivity index (χ4n) is 2.67. The van der Waals surface area contributed by atoms with E-state index in [-0.39, 0.29) is 23.3 Å². The molecule has 0 bridgehead atoms. The Morgan fingerprint density at radius 3 is 2.61 bits per heavy atom. The van der Waals surface area contributed by atoms with Crippen molar-refractivity contribution in [3.05, 3.63) is 23.8 Å². The van der Waals surface area contributed by atoms with Crippen molar-refractivity contribution < 1.29 is 22.7 Å². The third-order valence-electron chi connectivity index (χ3n) is 4.00. The first kappa shape index (κ1) is 17.6. The molecule has 0 saturated carbocycles. The van der Waals surface area contributed by atoms with E-state index >= 15 is 0 Å². The highest BCUT2D eigenvalue weighted by atomic mass is 32.2. The Kier molecular flexibility index (Phi) is 5.87. The number of hydrogen-bond acceptors (Lipinski definition) is 5. The molecule has 1 N–H and O–H groups in total. The van der Waals surface area contributed by atoms with E-state index in [9.17, 15) is 13.2 Å². The van der Waals surface area contributed by atoms with Gasteiger partial charge in [0.2, 0.25) is 5.91 Å². The normalized spacial score (nSPS) is 19.3. The standard InChI is InChI=1S/C16H23NO5S/c1-21-14-5-3-12(9-15(14)22-2)4-6-16(18)17-10-13-7-8-23(19,20)11-13/h3,5,9,13H,4,6-8,10-11H2,1-2H3,(H,17,18)/t13-/m1/s1. The summed E-state index contributed by atoms with van der Waals surface area (Å²) in [6.45, 7) is 0.435. The highest BCUT2D eigenvalue weighted by Gasteiger charge is 2.27. The molecule has 1 fully saturated rings. The first-order chi connectivity index (χ1) is 10.9. The van der Waals surface area contributed by atoms with Crippen LogP contribution in [0, 0.1) is 5.92 Å². The number of carbonyl (C=O) groups excluding carboxylic acids is 1. The van der Waals surface area contributed by atoms with Crippen molar-refractivity contribution in [3.63, 3.8) is 0 Å². The third kappa shape index (κ3) is 5.13. The van der Waals surface area contributed by atoms with E-state index in [2.05, 4.69) is 5.32 Å². The number of hydrogen-bond donors (Lipinski definition) is 1. The summed E-state index contributed by atoms with van der Waals surface area (Å²) in [5, 5.41) is 2.82. The maximum Gasteiger partial charge on any atom is 0.220 e. The monoisotopic (exact) mass is 341 g/mol. The second kappa shape index (κ2) is 7.68. The van der Waals surface area contributed by atoms with Crippen LogP contribution in [0.3, 0.4) is 0 Å². The molecule has 2 rings (SSSR count). The summed E-state index contributed by atoms with van der Waals surface area (Å²) in [4.78, 5) is 11.9. The molecule has 1 heterocycles. The molecule has 1 amide bonds. The topological polar surface area (TPSA) is 81.7 Å². The minimum Gasteiger partial charge on any atom is -0.493 e. The highest BCUT2D eigenvalue weighted by molar-refractivity contribution is 7.91. The lowest BCUT2D eigenvalue weighted by atomic mass is 10.1. The van der Waals surface area contributed by atoms with E-state index in [1.807, 2.05) is 18.2 Å². The van der Waals surface area contributed by atoms with Gasteiger partial charge < -0.3 is 14.8 Å². The number of rotatable bonds is 7. The zero-order valence-electron chi connectivity index (χ0n) is 13.5. The van der Waals surface area contributed by atoms with Gasteiger partial charge in [0, 0.05) is 13.0 Å². The SMILES string of the molecule is COc1ccc(CCC(=O)NC[C@H]2CCS(=O)(=O)C2)cc1OC. The maximum absolute atomic E-state index is 11.9. The van der Waals surface area contributed by atoms with Crippen LogP contribution < -0.4 is 14.8 Å². The molecule has 0 spiro atoms. The van der Waals surface area contributed by atoms with Crippen molar-refractivity contribution in [1.82, 2.24) is 5.32 Å². The average molecular weight is 341 g/mol. The Hall–Kier alpha value is -1.76. The third-order valence-corrected chi connectivity index (χ3v) is 5.84. The fraction of sp³-hybridized carbons (Fsp3) is 0.562. The quantitative estimate of drug-likeness (QED) is 0.805.